The second-order valence-corrected chi connectivity index (χ2v) is 4.43. The number of aliphatic hydroxyl groups is 1. The molecule has 1 aliphatic carbocycles. The number of aliphatic hydroxyl groups excluding tert-OH is 1. The van der Waals surface area contributed by atoms with E-state index in [1.807, 2.05) is 34.9 Å². The van der Waals surface area contributed by atoms with Crippen LogP contribution >= 0.6 is 0 Å². The van der Waals surface area contributed by atoms with E-state index >= 15 is 0 Å². The molecule has 17 heavy (non-hydrogen) atoms. The van der Waals surface area contributed by atoms with Gasteiger partial charge in [0.05, 0.1) is 0 Å². The molecule has 3 rings (SSSR count). The SMILES string of the molecule is OCc1nnc(C2CCC2)n1-c1ccccc1. The Bertz CT molecular complexity index is 503. The highest BCUT2D eigenvalue weighted by molar-refractivity contribution is 5.34. The smallest absolute Gasteiger partial charge is 0.163 e. The maximum atomic E-state index is 9.34. The van der Waals surface area contributed by atoms with E-state index in [1.165, 1.54) is 19.3 Å². The van der Waals surface area contributed by atoms with Gasteiger partial charge in [0.15, 0.2) is 5.82 Å². The lowest BCUT2D eigenvalue weighted by Crippen LogP contribution is -2.15. The number of hydrogen-bond acceptors (Lipinski definition) is 3. The Hall–Kier alpha value is -1.68. The predicted molar refractivity (Wildman–Crippen MR) is 63.9 cm³/mol. The Kier molecular flexibility index (Phi) is 2.65. The van der Waals surface area contributed by atoms with Crippen LogP contribution in [0, 0.1) is 0 Å². The largest absolute Gasteiger partial charge is 0.388 e. The Labute approximate surface area is 99.9 Å². The molecule has 0 atom stereocenters. The zero-order valence-corrected chi connectivity index (χ0v) is 9.58. The molecule has 0 spiro atoms. The van der Waals surface area contributed by atoms with Gasteiger partial charge in [-0.1, -0.05) is 24.6 Å². The number of para-hydroxylation sites is 1. The summed E-state index contributed by atoms with van der Waals surface area (Å²) in [6, 6.07) is 9.99. The van der Waals surface area contributed by atoms with E-state index in [0.29, 0.717) is 11.7 Å². The second-order valence-electron chi connectivity index (χ2n) is 4.43. The minimum absolute atomic E-state index is 0.0748. The van der Waals surface area contributed by atoms with Gasteiger partial charge in [0.2, 0.25) is 0 Å². The highest BCUT2D eigenvalue weighted by atomic mass is 16.3. The van der Waals surface area contributed by atoms with E-state index in [2.05, 4.69) is 10.2 Å². The average molecular weight is 229 g/mol. The highest BCUT2D eigenvalue weighted by Gasteiger charge is 2.26. The maximum absolute atomic E-state index is 9.34. The van der Waals surface area contributed by atoms with E-state index < -0.39 is 0 Å². The number of rotatable bonds is 3. The predicted octanol–water partition coefficient (Wildman–Crippen LogP) is 2.03. The zero-order valence-electron chi connectivity index (χ0n) is 9.58. The van der Waals surface area contributed by atoms with Crippen LogP contribution in [-0.4, -0.2) is 19.9 Å². The van der Waals surface area contributed by atoms with Crippen molar-refractivity contribution in [2.45, 2.75) is 31.8 Å². The minimum Gasteiger partial charge on any atom is -0.388 e. The lowest BCUT2D eigenvalue weighted by Gasteiger charge is -2.25. The van der Waals surface area contributed by atoms with E-state index in [0.717, 1.165) is 11.5 Å². The zero-order chi connectivity index (χ0) is 11.7. The highest BCUT2D eigenvalue weighted by Crippen LogP contribution is 2.36. The number of hydrogen-bond donors (Lipinski definition) is 1. The fraction of sp³-hybridized carbons (Fsp3) is 0.385. The number of nitrogens with zero attached hydrogens (tertiary/aromatic N) is 3. The molecule has 1 saturated carbocycles. The van der Waals surface area contributed by atoms with E-state index in [4.69, 9.17) is 0 Å². The fourth-order valence-corrected chi connectivity index (χ4v) is 2.22. The van der Waals surface area contributed by atoms with Crippen molar-refractivity contribution in [1.82, 2.24) is 14.8 Å². The molecule has 0 amide bonds. The summed E-state index contributed by atoms with van der Waals surface area (Å²) in [7, 11) is 0. The monoisotopic (exact) mass is 229 g/mol. The van der Waals surface area contributed by atoms with Gasteiger partial charge in [0.25, 0.3) is 0 Å². The molecule has 1 aromatic carbocycles. The van der Waals surface area contributed by atoms with E-state index in [-0.39, 0.29) is 6.61 Å². The van der Waals surface area contributed by atoms with Crippen molar-refractivity contribution >= 4 is 0 Å². The van der Waals surface area contributed by atoms with Gasteiger partial charge < -0.3 is 5.11 Å². The molecular formula is C13H15N3O. The third-order valence-corrected chi connectivity index (χ3v) is 3.38. The van der Waals surface area contributed by atoms with Crippen molar-refractivity contribution in [3.63, 3.8) is 0 Å². The Balaban J connectivity index is 2.09. The fourth-order valence-electron chi connectivity index (χ4n) is 2.22. The molecule has 2 aromatic rings. The third-order valence-electron chi connectivity index (χ3n) is 3.38. The molecule has 4 heteroatoms. The normalized spacial score (nSPS) is 15.8. The summed E-state index contributed by atoms with van der Waals surface area (Å²) in [6.07, 6.45) is 3.62. The van der Waals surface area contributed by atoms with Crippen molar-refractivity contribution in [3.05, 3.63) is 42.0 Å². The molecule has 88 valence electrons. The lowest BCUT2D eigenvalue weighted by atomic mass is 9.85. The van der Waals surface area contributed by atoms with Crippen LogP contribution in [0.4, 0.5) is 0 Å². The van der Waals surface area contributed by atoms with Crippen molar-refractivity contribution in [1.29, 1.82) is 0 Å². The molecule has 0 bridgehead atoms. The van der Waals surface area contributed by atoms with Gasteiger partial charge in [0, 0.05) is 11.6 Å². The lowest BCUT2D eigenvalue weighted by molar-refractivity contribution is 0.268. The molecule has 1 N–H and O–H groups in total. The van der Waals surface area contributed by atoms with Crippen LogP contribution in [0.25, 0.3) is 5.69 Å². The first-order chi connectivity index (χ1) is 8.40. The summed E-state index contributed by atoms with van der Waals surface area (Å²) in [5.74, 6) is 2.12. The molecule has 0 saturated heterocycles. The first kappa shape index (κ1) is 10.5. The average Bonchev–Trinajstić information content (AvgIpc) is 2.71. The molecule has 0 unspecified atom stereocenters. The maximum Gasteiger partial charge on any atom is 0.163 e. The standard InChI is InChI=1S/C13H15N3O/c17-9-12-14-15-13(10-5-4-6-10)16(12)11-7-2-1-3-8-11/h1-3,7-8,10,17H,4-6,9H2. The van der Waals surface area contributed by atoms with E-state index in [1.54, 1.807) is 0 Å². The van der Waals surface area contributed by atoms with Crippen LogP contribution in [0.15, 0.2) is 30.3 Å². The Morgan fingerprint density at radius 3 is 2.53 bits per heavy atom. The number of benzene rings is 1. The Morgan fingerprint density at radius 2 is 1.94 bits per heavy atom. The molecule has 1 aliphatic rings. The molecular weight excluding hydrogens is 214 g/mol. The summed E-state index contributed by atoms with van der Waals surface area (Å²) < 4.78 is 1.99. The van der Waals surface area contributed by atoms with E-state index in [9.17, 15) is 5.11 Å². The molecule has 0 radical (unpaired) electrons. The summed E-state index contributed by atoms with van der Waals surface area (Å²) in [6.45, 7) is -0.0748. The summed E-state index contributed by atoms with van der Waals surface area (Å²) in [5.41, 5.74) is 1.03. The van der Waals surface area contributed by atoms with Gasteiger partial charge in [-0.25, -0.2) is 0 Å². The minimum atomic E-state index is -0.0748. The van der Waals surface area contributed by atoms with Gasteiger partial charge in [-0.15, -0.1) is 10.2 Å². The van der Waals surface area contributed by atoms with Crippen LogP contribution in [0.5, 0.6) is 0 Å². The first-order valence-electron chi connectivity index (χ1n) is 6.00. The van der Waals surface area contributed by atoms with Crippen molar-refractivity contribution in [3.8, 4) is 5.69 Å². The molecule has 1 fully saturated rings. The first-order valence-corrected chi connectivity index (χ1v) is 6.00. The second kappa shape index (κ2) is 4.30. The quantitative estimate of drug-likeness (QED) is 0.876. The van der Waals surface area contributed by atoms with Crippen LogP contribution in [-0.2, 0) is 6.61 Å². The summed E-state index contributed by atoms with van der Waals surface area (Å²) in [4.78, 5) is 0. The van der Waals surface area contributed by atoms with Crippen LogP contribution in [0.1, 0.15) is 36.8 Å². The van der Waals surface area contributed by atoms with Crippen LogP contribution < -0.4 is 0 Å². The summed E-state index contributed by atoms with van der Waals surface area (Å²) in [5, 5.41) is 17.7. The summed E-state index contributed by atoms with van der Waals surface area (Å²) >= 11 is 0. The molecule has 0 aliphatic heterocycles. The van der Waals surface area contributed by atoms with Gasteiger partial charge >= 0.3 is 0 Å². The third kappa shape index (κ3) is 1.74. The van der Waals surface area contributed by atoms with Crippen molar-refractivity contribution in [2.24, 2.45) is 0 Å². The topological polar surface area (TPSA) is 50.9 Å². The van der Waals surface area contributed by atoms with Crippen molar-refractivity contribution < 1.29 is 5.11 Å². The van der Waals surface area contributed by atoms with Gasteiger partial charge in [-0.2, -0.15) is 0 Å². The molecule has 1 heterocycles. The van der Waals surface area contributed by atoms with Gasteiger partial charge in [-0.05, 0) is 25.0 Å². The van der Waals surface area contributed by atoms with Gasteiger partial charge in [0.1, 0.15) is 12.4 Å². The number of aromatic nitrogens is 3. The molecule has 1 aromatic heterocycles. The van der Waals surface area contributed by atoms with Crippen LogP contribution in [0.3, 0.4) is 0 Å². The van der Waals surface area contributed by atoms with Crippen molar-refractivity contribution in [2.75, 3.05) is 0 Å². The Morgan fingerprint density at radius 1 is 1.18 bits per heavy atom. The molecule has 4 nitrogen and oxygen atoms in total. The van der Waals surface area contributed by atoms with Crippen LogP contribution in [0.2, 0.25) is 0 Å². The van der Waals surface area contributed by atoms with Gasteiger partial charge in [-0.3, -0.25) is 4.57 Å².